The van der Waals surface area contributed by atoms with E-state index in [1.807, 2.05) is 18.5 Å². The van der Waals surface area contributed by atoms with Gasteiger partial charge in [0.15, 0.2) is 0 Å². The minimum atomic E-state index is 0.632. The van der Waals surface area contributed by atoms with Crippen molar-refractivity contribution < 1.29 is 0 Å². The van der Waals surface area contributed by atoms with Crippen molar-refractivity contribution in [2.24, 2.45) is 5.92 Å². The summed E-state index contributed by atoms with van der Waals surface area (Å²) in [5.41, 5.74) is 5.63. The molecular formula is C20H24N4. The van der Waals surface area contributed by atoms with Gasteiger partial charge >= 0.3 is 0 Å². The van der Waals surface area contributed by atoms with Gasteiger partial charge in [0.1, 0.15) is 5.82 Å². The van der Waals surface area contributed by atoms with Gasteiger partial charge in [-0.25, -0.2) is 4.98 Å². The smallest absolute Gasteiger partial charge is 0.126 e. The SMILES string of the molecule is CCC(C)CNc1cc(-c2cn[nH]c2-c2ccc(C)cc2)ccn1. The van der Waals surface area contributed by atoms with Gasteiger partial charge < -0.3 is 5.32 Å². The van der Waals surface area contributed by atoms with Gasteiger partial charge in [0, 0.05) is 23.9 Å². The monoisotopic (exact) mass is 320 g/mol. The molecule has 0 saturated carbocycles. The predicted octanol–water partition coefficient (Wildman–Crippen LogP) is 4.91. The summed E-state index contributed by atoms with van der Waals surface area (Å²) in [4.78, 5) is 4.43. The lowest BCUT2D eigenvalue weighted by Crippen LogP contribution is -2.11. The van der Waals surface area contributed by atoms with E-state index in [1.54, 1.807) is 0 Å². The standard InChI is InChI=1S/C20H24N4/c1-4-14(2)12-22-19-11-17(9-10-21-19)18-13-23-24-20(18)16-7-5-15(3)6-8-16/h5-11,13-14H,4,12H2,1-3H3,(H,21,22)(H,23,24). The summed E-state index contributed by atoms with van der Waals surface area (Å²) in [7, 11) is 0. The molecule has 1 unspecified atom stereocenters. The van der Waals surface area contributed by atoms with Crippen LogP contribution in [0.2, 0.25) is 0 Å². The van der Waals surface area contributed by atoms with Crippen LogP contribution in [0, 0.1) is 12.8 Å². The summed E-state index contributed by atoms with van der Waals surface area (Å²) in [5.74, 6) is 1.54. The van der Waals surface area contributed by atoms with Crippen molar-refractivity contribution in [2.75, 3.05) is 11.9 Å². The van der Waals surface area contributed by atoms with Crippen molar-refractivity contribution in [3.8, 4) is 22.4 Å². The number of benzene rings is 1. The van der Waals surface area contributed by atoms with E-state index >= 15 is 0 Å². The number of nitrogens with zero attached hydrogens (tertiary/aromatic N) is 2. The first-order chi connectivity index (χ1) is 11.7. The highest BCUT2D eigenvalue weighted by atomic mass is 15.1. The van der Waals surface area contributed by atoms with Crippen molar-refractivity contribution in [1.82, 2.24) is 15.2 Å². The topological polar surface area (TPSA) is 53.6 Å². The van der Waals surface area contributed by atoms with Crippen LogP contribution in [-0.2, 0) is 0 Å². The number of aryl methyl sites for hydroxylation is 1. The van der Waals surface area contributed by atoms with Gasteiger partial charge in [-0.3, -0.25) is 5.10 Å². The second-order valence-electron chi connectivity index (χ2n) is 6.35. The first-order valence-electron chi connectivity index (χ1n) is 8.48. The zero-order valence-corrected chi connectivity index (χ0v) is 14.5. The number of H-pyrrole nitrogens is 1. The van der Waals surface area contributed by atoms with E-state index < -0.39 is 0 Å². The minimum Gasteiger partial charge on any atom is -0.370 e. The van der Waals surface area contributed by atoms with E-state index in [1.165, 1.54) is 5.56 Å². The molecule has 0 spiro atoms. The highest BCUT2D eigenvalue weighted by molar-refractivity contribution is 5.81. The van der Waals surface area contributed by atoms with E-state index in [9.17, 15) is 0 Å². The molecule has 2 heterocycles. The first kappa shape index (κ1) is 16.2. The van der Waals surface area contributed by atoms with Crippen LogP contribution in [0.1, 0.15) is 25.8 Å². The zero-order chi connectivity index (χ0) is 16.9. The maximum absolute atomic E-state index is 4.43. The Kier molecular flexibility index (Phi) is 4.94. The third-order valence-corrected chi connectivity index (χ3v) is 4.38. The molecule has 0 amide bonds. The molecular weight excluding hydrogens is 296 g/mol. The molecule has 0 aliphatic rings. The minimum absolute atomic E-state index is 0.632. The number of hydrogen-bond acceptors (Lipinski definition) is 3. The Morgan fingerprint density at radius 3 is 2.67 bits per heavy atom. The molecule has 4 heteroatoms. The highest BCUT2D eigenvalue weighted by Gasteiger charge is 2.11. The summed E-state index contributed by atoms with van der Waals surface area (Å²) in [5, 5.41) is 10.8. The molecule has 3 rings (SSSR count). The quantitative estimate of drug-likeness (QED) is 0.679. The maximum atomic E-state index is 4.43. The van der Waals surface area contributed by atoms with Crippen LogP contribution in [0.25, 0.3) is 22.4 Å². The lowest BCUT2D eigenvalue weighted by molar-refractivity contribution is 0.592. The Morgan fingerprint density at radius 2 is 1.92 bits per heavy atom. The fourth-order valence-electron chi connectivity index (χ4n) is 2.56. The van der Waals surface area contributed by atoms with Gasteiger partial charge in [-0.2, -0.15) is 5.10 Å². The van der Waals surface area contributed by atoms with Crippen molar-refractivity contribution in [3.05, 3.63) is 54.4 Å². The van der Waals surface area contributed by atoms with E-state index in [4.69, 9.17) is 0 Å². The van der Waals surface area contributed by atoms with Gasteiger partial charge in [-0.1, -0.05) is 50.1 Å². The normalized spacial score (nSPS) is 12.1. The number of aromatic amines is 1. The highest BCUT2D eigenvalue weighted by Crippen LogP contribution is 2.31. The van der Waals surface area contributed by atoms with Crippen molar-refractivity contribution >= 4 is 5.82 Å². The molecule has 0 radical (unpaired) electrons. The summed E-state index contributed by atoms with van der Waals surface area (Å²) in [6, 6.07) is 12.6. The molecule has 0 aliphatic heterocycles. The lowest BCUT2D eigenvalue weighted by Gasteiger charge is -2.11. The van der Waals surface area contributed by atoms with Crippen LogP contribution in [0.15, 0.2) is 48.8 Å². The molecule has 124 valence electrons. The van der Waals surface area contributed by atoms with E-state index in [-0.39, 0.29) is 0 Å². The summed E-state index contributed by atoms with van der Waals surface area (Å²) in [6.45, 7) is 7.47. The van der Waals surface area contributed by atoms with E-state index in [0.717, 1.165) is 41.2 Å². The molecule has 4 nitrogen and oxygen atoms in total. The third-order valence-electron chi connectivity index (χ3n) is 4.38. The van der Waals surface area contributed by atoms with Crippen LogP contribution < -0.4 is 5.32 Å². The molecule has 2 aromatic heterocycles. The van der Waals surface area contributed by atoms with Crippen molar-refractivity contribution in [3.63, 3.8) is 0 Å². The summed E-state index contributed by atoms with van der Waals surface area (Å²) < 4.78 is 0. The average molecular weight is 320 g/mol. The van der Waals surface area contributed by atoms with Gasteiger partial charge in [-0.15, -0.1) is 0 Å². The molecule has 24 heavy (non-hydrogen) atoms. The first-order valence-corrected chi connectivity index (χ1v) is 8.48. The lowest BCUT2D eigenvalue weighted by atomic mass is 10.0. The Balaban J connectivity index is 1.87. The Hall–Kier alpha value is -2.62. The molecule has 3 aromatic rings. The van der Waals surface area contributed by atoms with Gasteiger partial charge in [0.2, 0.25) is 0 Å². The zero-order valence-electron chi connectivity index (χ0n) is 14.5. The molecule has 2 N–H and O–H groups in total. The van der Waals surface area contributed by atoms with Gasteiger partial charge in [-0.05, 0) is 30.5 Å². The number of anilines is 1. The predicted molar refractivity (Wildman–Crippen MR) is 99.9 cm³/mol. The molecule has 0 saturated heterocycles. The number of nitrogens with one attached hydrogen (secondary N) is 2. The van der Waals surface area contributed by atoms with Crippen LogP contribution in [0.5, 0.6) is 0 Å². The number of pyridine rings is 1. The fraction of sp³-hybridized carbons (Fsp3) is 0.300. The second kappa shape index (κ2) is 7.30. The Labute approximate surface area is 143 Å². The maximum Gasteiger partial charge on any atom is 0.126 e. The molecule has 1 atom stereocenters. The molecule has 0 bridgehead atoms. The van der Waals surface area contributed by atoms with Crippen molar-refractivity contribution in [1.29, 1.82) is 0 Å². The van der Waals surface area contributed by atoms with Crippen LogP contribution >= 0.6 is 0 Å². The van der Waals surface area contributed by atoms with Gasteiger partial charge in [0.05, 0.1) is 11.9 Å². The van der Waals surface area contributed by atoms with Crippen LogP contribution in [0.3, 0.4) is 0 Å². The fourth-order valence-corrected chi connectivity index (χ4v) is 2.56. The second-order valence-corrected chi connectivity index (χ2v) is 6.35. The average Bonchev–Trinajstić information content (AvgIpc) is 3.10. The largest absolute Gasteiger partial charge is 0.370 e. The van der Waals surface area contributed by atoms with Crippen molar-refractivity contribution in [2.45, 2.75) is 27.2 Å². The molecule has 0 fully saturated rings. The van der Waals surface area contributed by atoms with Crippen LogP contribution in [-0.4, -0.2) is 21.7 Å². The Bertz CT molecular complexity index is 789. The number of rotatable bonds is 6. The summed E-state index contributed by atoms with van der Waals surface area (Å²) in [6.07, 6.45) is 4.88. The van der Waals surface area contributed by atoms with Crippen LogP contribution in [0.4, 0.5) is 5.82 Å². The molecule has 0 aliphatic carbocycles. The van der Waals surface area contributed by atoms with E-state index in [2.05, 4.69) is 71.6 Å². The number of hydrogen-bond donors (Lipinski definition) is 2. The Morgan fingerprint density at radius 1 is 1.12 bits per heavy atom. The molecule has 1 aromatic carbocycles. The van der Waals surface area contributed by atoms with Gasteiger partial charge in [0.25, 0.3) is 0 Å². The number of aromatic nitrogens is 3. The van der Waals surface area contributed by atoms with E-state index in [0.29, 0.717) is 5.92 Å². The summed E-state index contributed by atoms with van der Waals surface area (Å²) >= 11 is 0. The third kappa shape index (κ3) is 3.65.